The SMILES string of the molecule is COC(=O)c1cc(Br)ccc1-c1cccc(Cl)c1F. The van der Waals surface area contributed by atoms with E-state index in [9.17, 15) is 9.18 Å². The fourth-order valence-electron chi connectivity index (χ4n) is 1.74. The van der Waals surface area contributed by atoms with Crippen molar-refractivity contribution < 1.29 is 13.9 Å². The van der Waals surface area contributed by atoms with Gasteiger partial charge in [0.15, 0.2) is 0 Å². The van der Waals surface area contributed by atoms with Crippen LogP contribution in [-0.4, -0.2) is 13.1 Å². The Hall–Kier alpha value is -1.39. The molecular formula is C14H9BrClFO2. The van der Waals surface area contributed by atoms with Gasteiger partial charge in [-0.15, -0.1) is 0 Å². The topological polar surface area (TPSA) is 26.3 Å². The second kappa shape index (κ2) is 5.72. The molecule has 0 fully saturated rings. The van der Waals surface area contributed by atoms with Crippen LogP contribution in [0.25, 0.3) is 11.1 Å². The Bertz CT molecular complexity index is 643. The molecule has 2 rings (SSSR count). The van der Waals surface area contributed by atoms with Gasteiger partial charge in [-0.25, -0.2) is 9.18 Å². The minimum absolute atomic E-state index is 0.0104. The van der Waals surface area contributed by atoms with Crippen molar-refractivity contribution in [2.75, 3.05) is 7.11 Å². The second-order valence-electron chi connectivity index (χ2n) is 3.78. The molecule has 0 spiro atoms. The van der Waals surface area contributed by atoms with E-state index in [2.05, 4.69) is 15.9 Å². The predicted molar refractivity (Wildman–Crippen MR) is 75.9 cm³/mol. The van der Waals surface area contributed by atoms with E-state index in [1.165, 1.54) is 13.2 Å². The molecule has 0 bridgehead atoms. The van der Waals surface area contributed by atoms with Crippen LogP contribution in [0.1, 0.15) is 10.4 Å². The van der Waals surface area contributed by atoms with E-state index < -0.39 is 11.8 Å². The highest BCUT2D eigenvalue weighted by atomic mass is 79.9. The van der Waals surface area contributed by atoms with E-state index in [1.54, 1.807) is 30.3 Å². The number of benzene rings is 2. The third-order valence-electron chi connectivity index (χ3n) is 2.63. The average Bonchev–Trinajstić information content (AvgIpc) is 2.41. The third-order valence-corrected chi connectivity index (χ3v) is 3.41. The van der Waals surface area contributed by atoms with Gasteiger partial charge in [-0.2, -0.15) is 0 Å². The highest BCUT2D eigenvalue weighted by Gasteiger charge is 2.17. The fraction of sp³-hybridized carbons (Fsp3) is 0.0714. The lowest BCUT2D eigenvalue weighted by Crippen LogP contribution is -2.04. The molecule has 0 N–H and O–H groups in total. The molecule has 0 aliphatic carbocycles. The zero-order valence-corrected chi connectivity index (χ0v) is 12.3. The summed E-state index contributed by atoms with van der Waals surface area (Å²) in [6.07, 6.45) is 0. The van der Waals surface area contributed by atoms with Crippen LogP contribution in [0.2, 0.25) is 5.02 Å². The smallest absolute Gasteiger partial charge is 0.338 e. The maximum atomic E-state index is 14.0. The molecule has 2 aromatic carbocycles. The van der Waals surface area contributed by atoms with Gasteiger partial charge in [0.25, 0.3) is 0 Å². The number of carbonyl (C=O) groups is 1. The van der Waals surface area contributed by atoms with E-state index in [1.807, 2.05) is 0 Å². The van der Waals surface area contributed by atoms with Crippen LogP contribution in [0.15, 0.2) is 40.9 Å². The number of esters is 1. The monoisotopic (exact) mass is 342 g/mol. The minimum atomic E-state index is -0.559. The number of rotatable bonds is 2. The van der Waals surface area contributed by atoms with Crippen molar-refractivity contribution in [2.24, 2.45) is 0 Å². The number of hydrogen-bond donors (Lipinski definition) is 0. The molecule has 0 amide bonds. The van der Waals surface area contributed by atoms with Crippen molar-refractivity contribution in [3.63, 3.8) is 0 Å². The molecule has 0 heterocycles. The van der Waals surface area contributed by atoms with Gasteiger partial charge in [0.2, 0.25) is 0 Å². The summed E-state index contributed by atoms with van der Waals surface area (Å²) in [5.74, 6) is -1.09. The number of carbonyl (C=O) groups excluding carboxylic acids is 1. The van der Waals surface area contributed by atoms with Crippen LogP contribution < -0.4 is 0 Å². The molecule has 0 aromatic heterocycles. The first-order chi connectivity index (χ1) is 9.04. The lowest BCUT2D eigenvalue weighted by atomic mass is 9.99. The van der Waals surface area contributed by atoms with Crippen molar-refractivity contribution in [1.82, 2.24) is 0 Å². The molecule has 2 nitrogen and oxygen atoms in total. The number of methoxy groups -OCH3 is 1. The Kier molecular flexibility index (Phi) is 4.22. The van der Waals surface area contributed by atoms with Gasteiger partial charge in [0.1, 0.15) is 5.82 Å². The first-order valence-corrected chi connectivity index (χ1v) is 6.54. The molecule has 0 aliphatic heterocycles. The summed E-state index contributed by atoms with van der Waals surface area (Å²) in [5, 5.41) is 0.0104. The molecule has 2 aromatic rings. The zero-order valence-electron chi connectivity index (χ0n) is 9.91. The first kappa shape index (κ1) is 14.0. The molecule has 19 heavy (non-hydrogen) atoms. The summed E-state index contributed by atoms with van der Waals surface area (Å²) in [5.41, 5.74) is 0.980. The van der Waals surface area contributed by atoms with Crippen molar-refractivity contribution in [3.05, 3.63) is 57.3 Å². The quantitative estimate of drug-likeness (QED) is 0.739. The normalized spacial score (nSPS) is 10.3. The van der Waals surface area contributed by atoms with Crippen molar-refractivity contribution >= 4 is 33.5 Å². The Morgan fingerprint density at radius 1 is 1.26 bits per heavy atom. The Balaban J connectivity index is 2.68. The van der Waals surface area contributed by atoms with E-state index in [-0.39, 0.29) is 16.1 Å². The van der Waals surface area contributed by atoms with E-state index >= 15 is 0 Å². The van der Waals surface area contributed by atoms with Gasteiger partial charge in [-0.3, -0.25) is 0 Å². The standard InChI is InChI=1S/C14H9BrClFO2/c1-19-14(18)11-7-8(15)5-6-9(11)10-3-2-4-12(16)13(10)17/h2-7H,1H3. The molecule has 0 saturated heterocycles. The van der Waals surface area contributed by atoms with Gasteiger partial charge < -0.3 is 4.74 Å². The van der Waals surface area contributed by atoms with Crippen LogP contribution in [-0.2, 0) is 4.74 Å². The van der Waals surface area contributed by atoms with Gasteiger partial charge >= 0.3 is 5.97 Å². The molecule has 0 aliphatic rings. The highest BCUT2D eigenvalue weighted by molar-refractivity contribution is 9.10. The molecule has 5 heteroatoms. The lowest BCUT2D eigenvalue weighted by molar-refractivity contribution is 0.0601. The van der Waals surface area contributed by atoms with E-state index in [4.69, 9.17) is 16.3 Å². The zero-order chi connectivity index (χ0) is 14.0. The Labute approximate surface area is 123 Å². The predicted octanol–water partition coefficient (Wildman–Crippen LogP) is 4.70. The van der Waals surface area contributed by atoms with Crippen molar-refractivity contribution in [2.45, 2.75) is 0 Å². The van der Waals surface area contributed by atoms with E-state index in [0.29, 0.717) is 10.0 Å². The number of halogens is 3. The van der Waals surface area contributed by atoms with E-state index in [0.717, 1.165) is 0 Å². The van der Waals surface area contributed by atoms with Crippen LogP contribution >= 0.6 is 27.5 Å². The molecule has 0 radical (unpaired) electrons. The number of ether oxygens (including phenoxy) is 1. The molecule has 0 saturated carbocycles. The van der Waals surface area contributed by atoms with Gasteiger partial charge in [0.05, 0.1) is 17.7 Å². The largest absolute Gasteiger partial charge is 0.465 e. The molecule has 0 atom stereocenters. The average molecular weight is 344 g/mol. The van der Waals surface area contributed by atoms with Gasteiger partial charge in [-0.1, -0.05) is 45.7 Å². The van der Waals surface area contributed by atoms with Crippen molar-refractivity contribution in [3.8, 4) is 11.1 Å². The van der Waals surface area contributed by atoms with Crippen LogP contribution in [0.5, 0.6) is 0 Å². The molecule has 98 valence electrons. The minimum Gasteiger partial charge on any atom is -0.465 e. The fourth-order valence-corrected chi connectivity index (χ4v) is 2.28. The second-order valence-corrected chi connectivity index (χ2v) is 5.11. The summed E-state index contributed by atoms with van der Waals surface area (Å²) in [7, 11) is 1.28. The van der Waals surface area contributed by atoms with Crippen LogP contribution in [0.3, 0.4) is 0 Å². The summed E-state index contributed by atoms with van der Waals surface area (Å²) in [6, 6.07) is 9.60. The number of hydrogen-bond acceptors (Lipinski definition) is 2. The maximum absolute atomic E-state index is 14.0. The third kappa shape index (κ3) is 2.80. The summed E-state index contributed by atoms with van der Waals surface area (Å²) >= 11 is 9.03. The Morgan fingerprint density at radius 2 is 2.00 bits per heavy atom. The summed E-state index contributed by atoms with van der Waals surface area (Å²) in [6.45, 7) is 0. The lowest BCUT2D eigenvalue weighted by Gasteiger charge is -2.10. The van der Waals surface area contributed by atoms with Crippen LogP contribution in [0, 0.1) is 5.82 Å². The summed E-state index contributed by atoms with van der Waals surface area (Å²) < 4.78 is 19.5. The Morgan fingerprint density at radius 3 is 2.68 bits per heavy atom. The van der Waals surface area contributed by atoms with Gasteiger partial charge in [0, 0.05) is 10.0 Å². The highest BCUT2D eigenvalue weighted by Crippen LogP contribution is 2.32. The van der Waals surface area contributed by atoms with Gasteiger partial charge in [-0.05, 0) is 23.8 Å². The van der Waals surface area contributed by atoms with Crippen molar-refractivity contribution in [1.29, 1.82) is 0 Å². The maximum Gasteiger partial charge on any atom is 0.338 e. The molecular weight excluding hydrogens is 335 g/mol. The molecule has 0 unspecified atom stereocenters. The van der Waals surface area contributed by atoms with Crippen LogP contribution in [0.4, 0.5) is 4.39 Å². The summed E-state index contributed by atoms with van der Waals surface area (Å²) in [4.78, 5) is 11.8. The first-order valence-electron chi connectivity index (χ1n) is 5.37.